The molecule has 19 heavy (non-hydrogen) atoms. The minimum atomic E-state index is -0.161. The molecule has 1 aromatic carbocycles. The van der Waals surface area contributed by atoms with E-state index in [1.165, 1.54) is 0 Å². The number of hydrogen-bond donors (Lipinski definition) is 1. The molecule has 1 fully saturated rings. The standard InChI is InChI=1S/C13H15BrClNO3/c1-2-18-12-6-10(12)16-13(17)7-19-11-4-3-8(14)5-9(11)15/h3-5,10,12H,2,6-7H2,1H3,(H,16,17)/t10-,12-/m1/s1. The monoisotopic (exact) mass is 347 g/mol. The van der Waals surface area contributed by atoms with Crippen LogP contribution in [0.25, 0.3) is 0 Å². The number of halogens is 2. The molecule has 4 nitrogen and oxygen atoms in total. The third-order valence-electron chi connectivity index (χ3n) is 2.71. The highest BCUT2D eigenvalue weighted by molar-refractivity contribution is 9.10. The Bertz CT molecular complexity index is 469. The normalized spacial score (nSPS) is 21.0. The van der Waals surface area contributed by atoms with Crippen LogP contribution in [0.15, 0.2) is 22.7 Å². The zero-order valence-electron chi connectivity index (χ0n) is 10.5. The molecule has 0 heterocycles. The molecule has 2 atom stereocenters. The fraction of sp³-hybridized carbons (Fsp3) is 0.462. The summed E-state index contributed by atoms with van der Waals surface area (Å²) in [5.74, 6) is 0.336. The van der Waals surface area contributed by atoms with Gasteiger partial charge < -0.3 is 14.8 Å². The topological polar surface area (TPSA) is 47.6 Å². The van der Waals surface area contributed by atoms with Gasteiger partial charge in [0, 0.05) is 11.1 Å². The van der Waals surface area contributed by atoms with Gasteiger partial charge in [-0.2, -0.15) is 0 Å². The molecule has 1 amide bonds. The Labute approximate surface area is 125 Å². The number of amides is 1. The first-order chi connectivity index (χ1) is 9.10. The lowest BCUT2D eigenvalue weighted by atomic mass is 10.3. The summed E-state index contributed by atoms with van der Waals surface area (Å²) in [7, 11) is 0. The van der Waals surface area contributed by atoms with Gasteiger partial charge in [-0.3, -0.25) is 4.79 Å². The highest BCUT2D eigenvalue weighted by atomic mass is 79.9. The van der Waals surface area contributed by atoms with Crippen LogP contribution in [0.2, 0.25) is 5.02 Å². The largest absolute Gasteiger partial charge is 0.482 e. The van der Waals surface area contributed by atoms with Crippen molar-refractivity contribution in [2.24, 2.45) is 0 Å². The maximum absolute atomic E-state index is 11.7. The van der Waals surface area contributed by atoms with Crippen LogP contribution in [0, 0.1) is 0 Å². The summed E-state index contributed by atoms with van der Waals surface area (Å²) in [4.78, 5) is 11.7. The molecule has 0 unspecified atom stereocenters. The number of ether oxygens (including phenoxy) is 2. The Morgan fingerprint density at radius 1 is 1.58 bits per heavy atom. The van der Waals surface area contributed by atoms with Crippen molar-refractivity contribution in [1.82, 2.24) is 5.32 Å². The molecule has 0 spiro atoms. The number of benzene rings is 1. The zero-order valence-corrected chi connectivity index (χ0v) is 12.8. The fourth-order valence-electron chi connectivity index (χ4n) is 1.71. The summed E-state index contributed by atoms with van der Waals surface area (Å²) in [5.41, 5.74) is 0. The van der Waals surface area contributed by atoms with E-state index in [1.54, 1.807) is 12.1 Å². The first kappa shape index (κ1) is 14.6. The van der Waals surface area contributed by atoms with Gasteiger partial charge in [-0.15, -0.1) is 0 Å². The molecule has 1 aliphatic rings. The molecule has 0 saturated heterocycles. The molecule has 1 N–H and O–H groups in total. The zero-order chi connectivity index (χ0) is 13.8. The maximum atomic E-state index is 11.7. The summed E-state index contributed by atoms with van der Waals surface area (Å²) < 4.78 is 11.6. The van der Waals surface area contributed by atoms with Crippen molar-refractivity contribution in [3.05, 3.63) is 27.7 Å². The lowest BCUT2D eigenvalue weighted by molar-refractivity contribution is -0.123. The Morgan fingerprint density at radius 2 is 2.37 bits per heavy atom. The van der Waals surface area contributed by atoms with Gasteiger partial charge in [0.1, 0.15) is 5.75 Å². The van der Waals surface area contributed by atoms with Gasteiger partial charge in [0.25, 0.3) is 5.91 Å². The fourth-order valence-corrected chi connectivity index (χ4v) is 2.43. The molecule has 2 rings (SSSR count). The lowest BCUT2D eigenvalue weighted by Crippen LogP contribution is -2.32. The van der Waals surface area contributed by atoms with Crippen molar-refractivity contribution < 1.29 is 14.3 Å². The van der Waals surface area contributed by atoms with Crippen molar-refractivity contribution in [2.75, 3.05) is 13.2 Å². The van der Waals surface area contributed by atoms with E-state index in [9.17, 15) is 4.79 Å². The van der Waals surface area contributed by atoms with Crippen LogP contribution in [0.3, 0.4) is 0 Å². The van der Waals surface area contributed by atoms with Gasteiger partial charge in [0.05, 0.1) is 17.2 Å². The number of hydrogen-bond acceptors (Lipinski definition) is 3. The van der Waals surface area contributed by atoms with E-state index in [-0.39, 0.29) is 24.7 Å². The predicted molar refractivity (Wildman–Crippen MR) is 76.6 cm³/mol. The Kier molecular flexibility index (Phi) is 5.07. The van der Waals surface area contributed by atoms with E-state index < -0.39 is 0 Å². The quantitative estimate of drug-likeness (QED) is 0.860. The highest BCUT2D eigenvalue weighted by Crippen LogP contribution is 2.28. The first-order valence-electron chi connectivity index (χ1n) is 6.09. The highest BCUT2D eigenvalue weighted by Gasteiger charge is 2.39. The molecular formula is C13H15BrClNO3. The molecule has 1 aliphatic carbocycles. The van der Waals surface area contributed by atoms with Crippen molar-refractivity contribution in [2.45, 2.75) is 25.5 Å². The van der Waals surface area contributed by atoms with Gasteiger partial charge in [0.2, 0.25) is 0 Å². The SMILES string of the molecule is CCO[C@@H]1C[C@H]1NC(=O)COc1ccc(Br)cc1Cl. The molecule has 0 radical (unpaired) electrons. The molecule has 6 heteroatoms. The third kappa shape index (κ3) is 4.37. The van der Waals surface area contributed by atoms with E-state index in [4.69, 9.17) is 21.1 Å². The lowest BCUT2D eigenvalue weighted by Gasteiger charge is -2.09. The average molecular weight is 349 g/mol. The van der Waals surface area contributed by atoms with Crippen molar-refractivity contribution >= 4 is 33.4 Å². The maximum Gasteiger partial charge on any atom is 0.258 e. The molecule has 104 valence electrons. The van der Waals surface area contributed by atoms with E-state index in [2.05, 4.69) is 21.2 Å². The molecule has 0 aromatic heterocycles. The second kappa shape index (κ2) is 6.59. The first-order valence-corrected chi connectivity index (χ1v) is 7.26. The van der Waals surface area contributed by atoms with Crippen LogP contribution < -0.4 is 10.1 Å². The van der Waals surface area contributed by atoms with Crippen molar-refractivity contribution in [3.8, 4) is 5.75 Å². The third-order valence-corrected chi connectivity index (χ3v) is 3.50. The second-order valence-corrected chi connectivity index (χ2v) is 5.59. The van der Waals surface area contributed by atoms with Crippen molar-refractivity contribution in [3.63, 3.8) is 0 Å². The smallest absolute Gasteiger partial charge is 0.258 e. The van der Waals surface area contributed by atoms with E-state index in [0.717, 1.165) is 10.9 Å². The molecular weight excluding hydrogens is 334 g/mol. The minimum absolute atomic E-state index is 0.0449. The minimum Gasteiger partial charge on any atom is -0.482 e. The molecule has 0 aliphatic heterocycles. The summed E-state index contributed by atoms with van der Waals surface area (Å²) in [5, 5.41) is 3.32. The number of carbonyl (C=O) groups excluding carboxylic acids is 1. The van der Waals surface area contributed by atoms with Crippen molar-refractivity contribution in [1.29, 1.82) is 0 Å². The van der Waals surface area contributed by atoms with Gasteiger partial charge >= 0.3 is 0 Å². The van der Waals surface area contributed by atoms with Gasteiger partial charge in [-0.25, -0.2) is 0 Å². The average Bonchev–Trinajstić information content (AvgIpc) is 3.06. The van der Waals surface area contributed by atoms with E-state index in [1.807, 2.05) is 13.0 Å². The number of nitrogens with one attached hydrogen (secondary N) is 1. The van der Waals surface area contributed by atoms with Crippen LogP contribution in [-0.4, -0.2) is 31.3 Å². The van der Waals surface area contributed by atoms with Gasteiger partial charge in [-0.1, -0.05) is 27.5 Å². The summed E-state index contributed by atoms with van der Waals surface area (Å²) in [6.45, 7) is 2.56. The predicted octanol–water partition coefficient (Wildman–Crippen LogP) is 2.77. The van der Waals surface area contributed by atoms with Crippen LogP contribution in [0.4, 0.5) is 0 Å². The Balaban J connectivity index is 1.75. The summed E-state index contributed by atoms with van der Waals surface area (Å²) in [6.07, 6.45) is 1.03. The number of rotatable bonds is 6. The Hall–Kier alpha value is -0.780. The van der Waals surface area contributed by atoms with E-state index in [0.29, 0.717) is 17.4 Å². The van der Waals surface area contributed by atoms with Gasteiger partial charge in [0.15, 0.2) is 6.61 Å². The van der Waals surface area contributed by atoms with Crippen LogP contribution in [0.5, 0.6) is 5.75 Å². The van der Waals surface area contributed by atoms with E-state index >= 15 is 0 Å². The number of carbonyl (C=O) groups is 1. The van der Waals surface area contributed by atoms with Gasteiger partial charge in [-0.05, 0) is 31.5 Å². The summed E-state index contributed by atoms with van der Waals surface area (Å²) >= 11 is 9.29. The van der Waals surface area contributed by atoms with Crippen LogP contribution in [0.1, 0.15) is 13.3 Å². The molecule has 1 aromatic rings. The van der Waals surface area contributed by atoms with Crippen LogP contribution in [-0.2, 0) is 9.53 Å². The molecule has 1 saturated carbocycles. The second-order valence-electron chi connectivity index (χ2n) is 4.27. The Morgan fingerprint density at radius 3 is 3.05 bits per heavy atom. The summed E-state index contributed by atoms with van der Waals surface area (Å²) in [6, 6.07) is 5.38. The van der Waals surface area contributed by atoms with Crippen LogP contribution >= 0.6 is 27.5 Å². The molecule has 0 bridgehead atoms.